The Morgan fingerprint density at radius 1 is 1.37 bits per heavy atom. The highest BCUT2D eigenvalue weighted by atomic mass is 19.4. The standard InChI is InChI=1S/C12H21F3N2O2/c1-10(2)8(5-11(10,3)19-4)17-9(18)6-16-7-12(13,14)15/h8,16H,5-7H2,1-4H3,(H,17,18)/t8-,11+/m0/s1. The van der Waals surface area contributed by atoms with Gasteiger partial charge in [-0.05, 0) is 13.3 Å². The van der Waals surface area contributed by atoms with Gasteiger partial charge in [0.15, 0.2) is 0 Å². The summed E-state index contributed by atoms with van der Waals surface area (Å²) < 4.78 is 41.1. The molecule has 2 N–H and O–H groups in total. The van der Waals surface area contributed by atoms with E-state index < -0.39 is 18.6 Å². The molecular formula is C12H21F3N2O2. The molecule has 1 aliphatic carbocycles. The number of hydrogen-bond acceptors (Lipinski definition) is 3. The second-order valence-corrected chi connectivity index (χ2v) is 5.70. The third-order valence-electron chi connectivity index (χ3n) is 4.22. The molecule has 0 heterocycles. The Morgan fingerprint density at radius 2 is 1.95 bits per heavy atom. The molecule has 0 aromatic carbocycles. The number of rotatable bonds is 5. The number of ether oxygens (including phenoxy) is 1. The number of hydrogen-bond donors (Lipinski definition) is 2. The Morgan fingerprint density at radius 3 is 2.37 bits per heavy atom. The van der Waals surface area contributed by atoms with Gasteiger partial charge in [0.2, 0.25) is 5.91 Å². The van der Waals surface area contributed by atoms with Gasteiger partial charge in [-0.15, -0.1) is 0 Å². The van der Waals surface area contributed by atoms with Crippen LogP contribution >= 0.6 is 0 Å². The van der Waals surface area contributed by atoms with Crippen molar-refractivity contribution < 1.29 is 22.7 Å². The van der Waals surface area contributed by atoms with Gasteiger partial charge in [0, 0.05) is 18.6 Å². The van der Waals surface area contributed by atoms with E-state index in [9.17, 15) is 18.0 Å². The molecule has 0 spiro atoms. The van der Waals surface area contributed by atoms with Gasteiger partial charge < -0.3 is 15.4 Å². The van der Waals surface area contributed by atoms with Crippen LogP contribution in [0, 0.1) is 5.41 Å². The van der Waals surface area contributed by atoms with Crippen molar-refractivity contribution in [1.29, 1.82) is 0 Å². The summed E-state index contributed by atoms with van der Waals surface area (Å²) in [6, 6.07) is -0.0855. The molecule has 1 saturated carbocycles. The van der Waals surface area contributed by atoms with Crippen LogP contribution in [0.15, 0.2) is 0 Å². The Hall–Kier alpha value is -0.820. The summed E-state index contributed by atoms with van der Waals surface area (Å²) in [5.41, 5.74) is -0.564. The van der Waals surface area contributed by atoms with E-state index in [1.807, 2.05) is 20.8 Å². The maximum absolute atomic E-state index is 11.9. The van der Waals surface area contributed by atoms with Crippen LogP contribution in [0.3, 0.4) is 0 Å². The minimum absolute atomic E-state index is 0.0855. The molecule has 7 heteroatoms. The second kappa shape index (κ2) is 5.28. The predicted octanol–water partition coefficient (Wildman–Crippen LogP) is 1.46. The number of amides is 1. The van der Waals surface area contributed by atoms with Crippen LogP contribution in [0.1, 0.15) is 27.2 Å². The van der Waals surface area contributed by atoms with Crippen molar-refractivity contribution >= 4 is 5.91 Å². The smallest absolute Gasteiger partial charge is 0.378 e. The summed E-state index contributed by atoms with van der Waals surface area (Å²) in [6.45, 7) is 4.39. The van der Waals surface area contributed by atoms with Crippen LogP contribution in [0.5, 0.6) is 0 Å². The molecule has 1 fully saturated rings. The zero-order chi connectivity index (χ0) is 14.9. The van der Waals surface area contributed by atoms with E-state index in [-0.39, 0.29) is 23.6 Å². The first kappa shape index (κ1) is 16.2. The van der Waals surface area contributed by atoms with E-state index >= 15 is 0 Å². The van der Waals surface area contributed by atoms with Crippen LogP contribution in [-0.2, 0) is 9.53 Å². The molecule has 2 atom stereocenters. The van der Waals surface area contributed by atoms with Crippen molar-refractivity contribution in [2.24, 2.45) is 5.41 Å². The Labute approximate surface area is 111 Å². The Kier molecular flexibility index (Phi) is 4.51. The van der Waals surface area contributed by atoms with Crippen molar-refractivity contribution in [2.75, 3.05) is 20.2 Å². The molecule has 0 aromatic rings. The minimum atomic E-state index is -4.30. The molecule has 112 valence electrons. The quantitative estimate of drug-likeness (QED) is 0.802. The lowest BCUT2D eigenvalue weighted by molar-refractivity contribution is -0.182. The summed E-state index contributed by atoms with van der Waals surface area (Å²) in [5, 5.41) is 4.81. The molecule has 0 saturated heterocycles. The summed E-state index contributed by atoms with van der Waals surface area (Å²) >= 11 is 0. The van der Waals surface area contributed by atoms with Crippen LogP contribution < -0.4 is 10.6 Å². The van der Waals surface area contributed by atoms with Crippen LogP contribution in [-0.4, -0.2) is 43.9 Å². The topological polar surface area (TPSA) is 50.4 Å². The van der Waals surface area contributed by atoms with Crippen molar-refractivity contribution in [2.45, 2.75) is 45.0 Å². The monoisotopic (exact) mass is 282 g/mol. The van der Waals surface area contributed by atoms with Gasteiger partial charge in [0.25, 0.3) is 0 Å². The molecular weight excluding hydrogens is 261 g/mol. The lowest BCUT2D eigenvalue weighted by atomic mass is 9.56. The largest absolute Gasteiger partial charge is 0.401 e. The van der Waals surface area contributed by atoms with Gasteiger partial charge in [-0.1, -0.05) is 13.8 Å². The molecule has 0 bridgehead atoms. The molecule has 4 nitrogen and oxygen atoms in total. The van der Waals surface area contributed by atoms with Crippen LogP contribution in [0.25, 0.3) is 0 Å². The van der Waals surface area contributed by atoms with Gasteiger partial charge in [-0.25, -0.2) is 0 Å². The average Bonchev–Trinajstić information content (AvgIpc) is 2.26. The maximum atomic E-state index is 11.9. The number of methoxy groups -OCH3 is 1. The van der Waals surface area contributed by atoms with Crippen molar-refractivity contribution in [1.82, 2.24) is 10.6 Å². The molecule has 0 unspecified atom stereocenters. The van der Waals surface area contributed by atoms with E-state index in [4.69, 9.17) is 4.74 Å². The van der Waals surface area contributed by atoms with Gasteiger partial charge in [0.1, 0.15) is 0 Å². The number of carbonyl (C=O) groups is 1. The average molecular weight is 282 g/mol. The van der Waals surface area contributed by atoms with E-state index in [1.165, 1.54) is 0 Å². The van der Waals surface area contributed by atoms with E-state index in [2.05, 4.69) is 10.6 Å². The number of carbonyl (C=O) groups excluding carboxylic acids is 1. The minimum Gasteiger partial charge on any atom is -0.378 e. The molecule has 19 heavy (non-hydrogen) atoms. The maximum Gasteiger partial charge on any atom is 0.401 e. The first-order valence-corrected chi connectivity index (χ1v) is 6.14. The summed E-state index contributed by atoms with van der Waals surface area (Å²) in [5.74, 6) is -0.430. The summed E-state index contributed by atoms with van der Waals surface area (Å²) in [4.78, 5) is 11.5. The van der Waals surface area contributed by atoms with Crippen molar-refractivity contribution in [3.8, 4) is 0 Å². The van der Waals surface area contributed by atoms with Gasteiger partial charge >= 0.3 is 6.18 Å². The van der Waals surface area contributed by atoms with Gasteiger partial charge in [-0.3, -0.25) is 4.79 Å². The molecule has 1 rings (SSSR count). The molecule has 1 aliphatic rings. The number of nitrogens with one attached hydrogen (secondary N) is 2. The highest BCUT2D eigenvalue weighted by Gasteiger charge is 2.58. The van der Waals surface area contributed by atoms with Gasteiger partial charge in [0.05, 0.1) is 18.7 Å². The Balaban J connectivity index is 2.36. The normalized spacial score (nSPS) is 29.7. The lowest BCUT2D eigenvalue weighted by Crippen LogP contribution is -2.69. The highest BCUT2D eigenvalue weighted by Crippen LogP contribution is 2.51. The SMILES string of the molecule is CO[C@]1(C)C[C@H](NC(=O)CNCC(F)(F)F)C1(C)C. The van der Waals surface area contributed by atoms with Crippen molar-refractivity contribution in [3.63, 3.8) is 0 Å². The van der Waals surface area contributed by atoms with Gasteiger partial charge in [-0.2, -0.15) is 13.2 Å². The first-order valence-electron chi connectivity index (χ1n) is 6.14. The molecule has 1 amide bonds. The van der Waals surface area contributed by atoms with Crippen LogP contribution in [0.2, 0.25) is 0 Å². The molecule has 0 aliphatic heterocycles. The third-order valence-corrected chi connectivity index (χ3v) is 4.22. The fourth-order valence-corrected chi connectivity index (χ4v) is 2.29. The zero-order valence-corrected chi connectivity index (χ0v) is 11.6. The summed E-state index contributed by atoms with van der Waals surface area (Å²) in [6.07, 6.45) is -3.65. The zero-order valence-electron chi connectivity index (χ0n) is 11.6. The number of halogens is 3. The van der Waals surface area contributed by atoms with E-state index in [1.54, 1.807) is 7.11 Å². The molecule has 0 radical (unpaired) electrons. The van der Waals surface area contributed by atoms with E-state index in [0.717, 1.165) is 0 Å². The molecule has 0 aromatic heterocycles. The number of alkyl halides is 3. The van der Waals surface area contributed by atoms with Crippen LogP contribution in [0.4, 0.5) is 13.2 Å². The Bertz CT molecular complexity index is 344. The van der Waals surface area contributed by atoms with Crippen molar-refractivity contribution in [3.05, 3.63) is 0 Å². The fraction of sp³-hybridized carbons (Fsp3) is 0.917. The lowest BCUT2D eigenvalue weighted by Gasteiger charge is -2.59. The van der Waals surface area contributed by atoms with E-state index in [0.29, 0.717) is 6.42 Å². The summed E-state index contributed by atoms with van der Waals surface area (Å²) in [7, 11) is 1.62. The predicted molar refractivity (Wildman–Crippen MR) is 64.7 cm³/mol. The fourth-order valence-electron chi connectivity index (χ4n) is 2.29. The third kappa shape index (κ3) is 3.60. The highest BCUT2D eigenvalue weighted by molar-refractivity contribution is 5.78. The second-order valence-electron chi connectivity index (χ2n) is 5.70. The first-order chi connectivity index (χ1) is 8.52.